The summed E-state index contributed by atoms with van der Waals surface area (Å²) >= 11 is 0. The van der Waals surface area contributed by atoms with Crippen molar-refractivity contribution in [1.82, 2.24) is 4.73 Å². The largest absolute Gasteiger partial charge is 0.413 e. The van der Waals surface area contributed by atoms with Gasteiger partial charge in [-0.3, -0.25) is 0 Å². The molecule has 6 rings (SSSR count). The van der Waals surface area contributed by atoms with Crippen LogP contribution in [0.2, 0.25) is 0 Å². The third-order valence-electron chi connectivity index (χ3n) is 11.3. The number of hydrogen-bond acceptors (Lipinski definition) is 1. The summed E-state index contributed by atoms with van der Waals surface area (Å²) in [5, 5.41) is 5.08. The van der Waals surface area contributed by atoms with Gasteiger partial charge in [0, 0.05) is 16.7 Å². The smallest absolute Gasteiger partial charge is 0.121 e. The van der Waals surface area contributed by atoms with Crippen LogP contribution in [0.25, 0.3) is 22.9 Å². The van der Waals surface area contributed by atoms with Gasteiger partial charge in [-0.1, -0.05) is 102 Å². The van der Waals surface area contributed by atoms with E-state index in [9.17, 15) is 0 Å². The molecule has 0 amide bonds. The van der Waals surface area contributed by atoms with E-state index in [1.54, 1.807) is 11.1 Å². The highest BCUT2D eigenvalue weighted by Gasteiger charge is 2.54. The van der Waals surface area contributed by atoms with Crippen molar-refractivity contribution < 1.29 is 4.84 Å². The lowest BCUT2D eigenvalue weighted by Crippen LogP contribution is -2.44. The SMILES string of the molecule is CC/C=c1/c2ccccc2/c(=C/CCC)n1OCC1CC2C3CCC(C)C3(C)CC[C@@H]2c2ccc(CCC)cc21. The van der Waals surface area contributed by atoms with Crippen LogP contribution in [0.1, 0.15) is 121 Å². The lowest BCUT2D eigenvalue weighted by atomic mass is 9.53. The fourth-order valence-electron chi connectivity index (χ4n) is 9.08. The predicted octanol–water partition coefficient (Wildman–Crippen LogP) is 8.53. The molecule has 0 aliphatic heterocycles. The number of rotatable bonds is 8. The molecule has 2 nitrogen and oxygen atoms in total. The van der Waals surface area contributed by atoms with Gasteiger partial charge in [-0.2, -0.15) is 4.73 Å². The minimum Gasteiger partial charge on any atom is -0.413 e. The van der Waals surface area contributed by atoms with Gasteiger partial charge in [0.15, 0.2) is 0 Å². The molecule has 6 atom stereocenters. The number of aromatic nitrogens is 1. The molecule has 3 aliphatic carbocycles. The summed E-state index contributed by atoms with van der Waals surface area (Å²) in [4.78, 5) is 6.99. The number of fused-ring (bicyclic) bond motifs is 6. The minimum absolute atomic E-state index is 0.449. The molecule has 0 saturated heterocycles. The molecule has 2 aromatic carbocycles. The fourth-order valence-corrected chi connectivity index (χ4v) is 9.08. The van der Waals surface area contributed by atoms with E-state index >= 15 is 0 Å². The molecule has 0 bridgehead atoms. The number of aryl methyl sites for hydroxylation is 1. The monoisotopic (exact) mass is 537 g/mol. The molecular formula is C38H51NO. The molecule has 2 saturated carbocycles. The van der Waals surface area contributed by atoms with Crippen LogP contribution in [-0.4, -0.2) is 11.3 Å². The zero-order chi connectivity index (χ0) is 27.9. The fraction of sp³-hybridized carbons (Fsp3) is 0.579. The number of benzene rings is 2. The van der Waals surface area contributed by atoms with Crippen LogP contribution >= 0.6 is 0 Å². The van der Waals surface area contributed by atoms with Crippen molar-refractivity contribution in [1.29, 1.82) is 0 Å². The molecule has 2 heteroatoms. The highest BCUT2D eigenvalue weighted by molar-refractivity contribution is 5.84. The van der Waals surface area contributed by atoms with E-state index in [0.717, 1.165) is 49.5 Å². The zero-order valence-electron chi connectivity index (χ0n) is 25.7. The zero-order valence-corrected chi connectivity index (χ0v) is 25.7. The van der Waals surface area contributed by atoms with Crippen molar-refractivity contribution >= 4 is 22.9 Å². The van der Waals surface area contributed by atoms with Gasteiger partial charge in [0.1, 0.15) is 6.61 Å². The molecule has 0 radical (unpaired) electrons. The van der Waals surface area contributed by atoms with Crippen molar-refractivity contribution in [2.24, 2.45) is 23.2 Å². The second kappa shape index (κ2) is 11.4. The van der Waals surface area contributed by atoms with Crippen molar-refractivity contribution in [2.75, 3.05) is 6.61 Å². The van der Waals surface area contributed by atoms with E-state index < -0.39 is 0 Å². The predicted molar refractivity (Wildman–Crippen MR) is 170 cm³/mol. The molecule has 5 unspecified atom stereocenters. The average molecular weight is 538 g/mol. The van der Waals surface area contributed by atoms with Crippen LogP contribution in [0.3, 0.4) is 0 Å². The summed E-state index contributed by atoms with van der Waals surface area (Å²) in [5.74, 6) is 3.69. The van der Waals surface area contributed by atoms with Gasteiger partial charge in [0.2, 0.25) is 0 Å². The Bertz CT molecular complexity index is 1460. The first kappa shape index (κ1) is 27.7. The van der Waals surface area contributed by atoms with Gasteiger partial charge in [0.05, 0.1) is 10.7 Å². The van der Waals surface area contributed by atoms with Crippen LogP contribution in [0.5, 0.6) is 0 Å². The third kappa shape index (κ3) is 4.64. The Morgan fingerprint density at radius 2 is 1.70 bits per heavy atom. The van der Waals surface area contributed by atoms with E-state index in [-0.39, 0.29) is 0 Å². The van der Waals surface area contributed by atoms with Gasteiger partial charge in [0.25, 0.3) is 0 Å². The molecule has 2 fully saturated rings. The summed E-state index contributed by atoms with van der Waals surface area (Å²) in [6, 6.07) is 16.4. The lowest BCUT2D eigenvalue weighted by Gasteiger charge is -2.52. The molecule has 1 aromatic heterocycles. The summed E-state index contributed by atoms with van der Waals surface area (Å²) in [6.45, 7) is 12.7. The van der Waals surface area contributed by atoms with Gasteiger partial charge < -0.3 is 4.84 Å². The Kier molecular flexibility index (Phi) is 7.90. The van der Waals surface area contributed by atoms with Gasteiger partial charge >= 0.3 is 0 Å². The lowest BCUT2D eigenvalue weighted by molar-refractivity contribution is 0.0156. The summed E-state index contributed by atoms with van der Waals surface area (Å²) in [7, 11) is 0. The van der Waals surface area contributed by atoms with Crippen LogP contribution in [0, 0.1) is 23.2 Å². The third-order valence-corrected chi connectivity index (χ3v) is 11.3. The second-order valence-corrected chi connectivity index (χ2v) is 13.6. The van der Waals surface area contributed by atoms with Crippen LogP contribution in [0.4, 0.5) is 0 Å². The quantitative estimate of drug-likeness (QED) is 0.281. The standard InChI is InChI=1S/C38H51NO/c1-6-9-16-37-32-15-11-10-14-31(32)36(13-8-3)39(37)40-25-28-24-34-30(21-22-38(5)26(4)17-20-35(34)38)29-19-18-27(12-7-2)23-33(28)29/h10-11,13-16,18-19,23,26,28,30,34-35H,6-9,12,17,20-22,24-25H2,1-5H3/b36-13-,37-16-/t26?,28?,30-,34?,35?,38?/m1/s1. The number of hydrogen-bond donors (Lipinski definition) is 0. The second-order valence-electron chi connectivity index (χ2n) is 13.6. The molecule has 1 heterocycles. The summed E-state index contributed by atoms with van der Waals surface area (Å²) < 4.78 is 2.20. The van der Waals surface area contributed by atoms with E-state index in [0.29, 0.717) is 11.3 Å². The first-order valence-corrected chi connectivity index (χ1v) is 16.6. The van der Waals surface area contributed by atoms with Crippen molar-refractivity contribution in [3.8, 4) is 0 Å². The first-order chi connectivity index (χ1) is 19.5. The van der Waals surface area contributed by atoms with Gasteiger partial charge in [-0.25, -0.2) is 0 Å². The van der Waals surface area contributed by atoms with Crippen molar-refractivity contribution in [2.45, 2.75) is 111 Å². The molecule has 3 aromatic rings. The topological polar surface area (TPSA) is 14.2 Å². The van der Waals surface area contributed by atoms with Gasteiger partial charge in [-0.05, 0) is 97.1 Å². The number of unbranched alkanes of at least 4 members (excludes halogenated alkanes) is 1. The highest BCUT2D eigenvalue weighted by Crippen LogP contribution is 2.64. The molecule has 214 valence electrons. The van der Waals surface area contributed by atoms with Crippen molar-refractivity contribution in [3.63, 3.8) is 0 Å². The molecule has 3 aliphatic rings. The molecule has 0 spiro atoms. The summed E-state index contributed by atoms with van der Waals surface area (Å²) in [5.41, 5.74) is 5.28. The normalized spacial score (nSPS) is 30.4. The maximum Gasteiger partial charge on any atom is 0.121 e. The Balaban J connectivity index is 1.40. The minimum atomic E-state index is 0.449. The Morgan fingerprint density at radius 3 is 2.42 bits per heavy atom. The molecule has 40 heavy (non-hydrogen) atoms. The van der Waals surface area contributed by atoms with Gasteiger partial charge in [-0.15, -0.1) is 0 Å². The van der Waals surface area contributed by atoms with E-state index in [2.05, 4.69) is 94.0 Å². The van der Waals surface area contributed by atoms with E-state index in [4.69, 9.17) is 4.84 Å². The Hall–Kier alpha value is -2.48. The van der Waals surface area contributed by atoms with Crippen molar-refractivity contribution in [3.05, 3.63) is 69.9 Å². The van der Waals surface area contributed by atoms with E-state index in [1.165, 1.54) is 72.0 Å². The Labute approximate surface area is 242 Å². The maximum atomic E-state index is 6.99. The maximum absolute atomic E-state index is 6.99. The summed E-state index contributed by atoms with van der Waals surface area (Å²) in [6.07, 6.45) is 17.2. The van der Waals surface area contributed by atoms with Crippen LogP contribution in [0.15, 0.2) is 42.5 Å². The van der Waals surface area contributed by atoms with Crippen LogP contribution < -0.4 is 15.5 Å². The molecular weight excluding hydrogens is 486 g/mol. The first-order valence-electron chi connectivity index (χ1n) is 16.6. The van der Waals surface area contributed by atoms with Crippen LogP contribution in [-0.2, 0) is 6.42 Å². The highest BCUT2D eigenvalue weighted by atomic mass is 16.7. The average Bonchev–Trinajstić information content (AvgIpc) is 3.44. The molecule has 0 N–H and O–H groups in total. The van der Waals surface area contributed by atoms with E-state index in [1.807, 2.05) is 0 Å². The Morgan fingerprint density at radius 1 is 0.925 bits per heavy atom. The number of nitrogens with zero attached hydrogens (tertiary/aromatic N) is 1.